The van der Waals surface area contributed by atoms with Crippen LogP contribution in [0.2, 0.25) is 0 Å². The second-order valence-corrected chi connectivity index (χ2v) is 6.32. The number of carbonyl (C=O) groups excluding carboxylic acids is 2. The minimum Gasteiger partial charge on any atom is -0.322 e. The molecule has 5 nitrogen and oxygen atoms in total. The van der Waals surface area contributed by atoms with E-state index in [1.54, 1.807) is 12.1 Å². The molecule has 1 aromatic heterocycles. The average Bonchev–Trinajstić information content (AvgIpc) is 2.69. The van der Waals surface area contributed by atoms with Gasteiger partial charge in [-0.05, 0) is 43.3 Å². The van der Waals surface area contributed by atoms with Gasteiger partial charge in [0.2, 0.25) is 0 Å². The van der Waals surface area contributed by atoms with E-state index in [9.17, 15) is 22.8 Å². The highest BCUT2D eigenvalue weighted by Gasteiger charge is 2.30. The molecular formula is C21H16F3N3O2. The normalized spacial score (nSPS) is 11.0. The molecule has 0 spiro atoms. The van der Waals surface area contributed by atoms with Crippen molar-refractivity contribution in [2.45, 2.75) is 13.1 Å². The van der Waals surface area contributed by atoms with Crippen molar-refractivity contribution in [3.8, 4) is 0 Å². The van der Waals surface area contributed by atoms with Crippen LogP contribution in [-0.2, 0) is 6.18 Å². The topological polar surface area (TPSA) is 71.1 Å². The van der Waals surface area contributed by atoms with Gasteiger partial charge in [0.05, 0.1) is 16.7 Å². The second kappa shape index (κ2) is 8.14. The molecule has 3 aromatic rings. The van der Waals surface area contributed by atoms with Crippen molar-refractivity contribution in [2.75, 3.05) is 10.6 Å². The molecule has 29 heavy (non-hydrogen) atoms. The summed E-state index contributed by atoms with van der Waals surface area (Å²) in [4.78, 5) is 28.6. The van der Waals surface area contributed by atoms with Gasteiger partial charge >= 0.3 is 6.18 Å². The maximum Gasteiger partial charge on any atom is 0.416 e. The molecule has 2 amide bonds. The van der Waals surface area contributed by atoms with Crippen molar-refractivity contribution >= 4 is 23.2 Å². The van der Waals surface area contributed by atoms with Crippen LogP contribution in [-0.4, -0.2) is 16.8 Å². The minimum atomic E-state index is -4.52. The fraction of sp³-hybridized carbons (Fsp3) is 0.0952. The molecule has 2 aromatic carbocycles. The molecule has 0 saturated heterocycles. The highest BCUT2D eigenvalue weighted by Crippen LogP contribution is 2.30. The Morgan fingerprint density at radius 3 is 2.00 bits per heavy atom. The van der Waals surface area contributed by atoms with Gasteiger partial charge in [-0.25, -0.2) is 0 Å². The van der Waals surface area contributed by atoms with Crippen LogP contribution >= 0.6 is 0 Å². The Kier molecular flexibility index (Phi) is 5.63. The van der Waals surface area contributed by atoms with Crippen LogP contribution in [0.5, 0.6) is 0 Å². The molecule has 0 fully saturated rings. The van der Waals surface area contributed by atoms with Gasteiger partial charge in [0.15, 0.2) is 0 Å². The number of halogens is 3. The van der Waals surface area contributed by atoms with E-state index in [4.69, 9.17) is 0 Å². The lowest BCUT2D eigenvalue weighted by Crippen LogP contribution is -2.16. The van der Waals surface area contributed by atoms with Crippen molar-refractivity contribution in [1.29, 1.82) is 0 Å². The molecule has 0 bridgehead atoms. The van der Waals surface area contributed by atoms with Crippen molar-refractivity contribution in [3.05, 3.63) is 89.2 Å². The quantitative estimate of drug-likeness (QED) is 0.655. The van der Waals surface area contributed by atoms with Crippen molar-refractivity contribution in [1.82, 2.24) is 4.98 Å². The summed E-state index contributed by atoms with van der Waals surface area (Å²) >= 11 is 0. The standard InChI is InChI=1S/C21H16F3N3O2/c1-13-5-7-17(8-6-13)26-19(28)14-9-15(12-25-11-14)20(29)27-18-4-2-3-16(10-18)21(22,23)24/h2-12H,1H3,(H,26,28)(H,27,29). The number of benzene rings is 2. The monoisotopic (exact) mass is 399 g/mol. The molecule has 148 valence electrons. The zero-order valence-corrected chi connectivity index (χ0v) is 15.2. The van der Waals surface area contributed by atoms with Crippen LogP contribution in [0.1, 0.15) is 31.8 Å². The third-order valence-electron chi connectivity index (χ3n) is 4.02. The van der Waals surface area contributed by atoms with Gasteiger partial charge in [0.1, 0.15) is 0 Å². The Morgan fingerprint density at radius 2 is 1.41 bits per heavy atom. The lowest BCUT2D eigenvalue weighted by atomic mass is 10.1. The van der Waals surface area contributed by atoms with Crippen molar-refractivity contribution in [2.24, 2.45) is 0 Å². The van der Waals surface area contributed by atoms with Crippen LogP contribution in [0.25, 0.3) is 0 Å². The number of hydrogen-bond acceptors (Lipinski definition) is 3. The van der Waals surface area contributed by atoms with Crippen molar-refractivity contribution in [3.63, 3.8) is 0 Å². The van der Waals surface area contributed by atoms with Gasteiger partial charge in [-0.1, -0.05) is 23.8 Å². The first kappa shape index (κ1) is 20.1. The fourth-order valence-electron chi connectivity index (χ4n) is 2.50. The van der Waals surface area contributed by atoms with Gasteiger partial charge in [-0.3, -0.25) is 14.6 Å². The summed E-state index contributed by atoms with van der Waals surface area (Å²) in [7, 11) is 0. The third kappa shape index (κ3) is 5.19. The summed E-state index contributed by atoms with van der Waals surface area (Å²) in [5.74, 6) is -1.14. The lowest BCUT2D eigenvalue weighted by Gasteiger charge is -2.10. The van der Waals surface area contributed by atoms with E-state index in [2.05, 4.69) is 15.6 Å². The Morgan fingerprint density at radius 1 is 0.828 bits per heavy atom. The number of pyridine rings is 1. The zero-order valence-electron chi connectivity index (χ0n) is 15.2. The summed E-state index contributed by atoms with van der Waals surface area (Å²) in [6.07, 6.45) is -1.99. The first-order chi connectivity index (χ1) is 13.7. The van der Waals surface area contributed by atoms with Crippen LogP contribution in [0.3, 0.4) is 0 Å². The number of anilines is 2. The third-order valence-corrected chi connectivity index (χ3v) is 4.02. The Hall–Kier alpha value is -3.68. The minimum absolute atomic E-state index is 0.0145. The number of rotatable bonds is 4. The summed E-state index contributed by atoms with van der Waals surface area (Å²) in [6, 6.07) is 12.8. The van der Waals surface area contributed by atoms with E-state index in [1.807, 2.05) is 19.1 Å². The average molecular weight is 399 g/mol. The molecule has 8 heteroatoms. The maximum atomic E-state index is 12.8. The lowest BCUT2D eigenvalue weighted by molar-refractivity contribution is -0.137. The van der Waals surface area contributed by atoms with Gasteiger partial charge in [0, 0.05) is 23.8 Å². The van der Waals surface area contributed by atoms with E-state index < -0.39 is 23.6 Å². The Labute approximate surface area is 164 Å². The Balaban J connectivity index is 1.74. The van der Waals surface area contributed by atoms with Crippen LogP contribution < -0.4 is 10.6 Å². The maximum absolute atomic E-state index is 12.8. The van der Waals surface area contributed by atoms with E-state index in [0.29, 0.717) is 5.69 Å². The van der Waals surface area contributed by atoms with E-state index in [-0.39, 0.29) is 16.8 Å². The van der Waals surface area contributed by atoms with Crippen molar-refractivity contribution < 1.29 is 22.8 Å². The summed E-state index contributed by atoms with van der Waals surface area (Å²) in [6.45, 7) is 1.92. The van der Waals surface area contributed by atoms with Gasteiger partial charge in [0.25, 0.3) is 11.8 Å². The molecular weight excluding hydrogens is 383 g/mol. The number of carbonyl (C=O) groups is 2. The number of nitrogens with zero attached hydrogens (tertiary/aromatic N) is 1. The first-order valence-corrected chi connectivity index (χ1v) is 8.54. The van der Waals surface area contributed by atoms with Gasteiger partial charge in [-0.15, -0.1) is 0 Å². The van der Waals surface area contributed by atoms with Crippen LogP contribution in [0, 0.1) is 6.92 Å². The predicted octanol–water partition coefficient (Wildman–Crippen LogP) is 4.91. The number of alkyl halides is 3. The predicted molar refractivity (Wildman–Crippen MR) is 103 cm³/mol. The van der Waals surface area contributed by atoms with E-state index in [0.717, 1.165) is 17.7 Å². The van der Waals surface area contributed by atoms with Gasteiger partial charge < -0.3 is 10.6 Å². The number of aryl methyl sites for hydroxylation is 1. The number of nitrogens with one attached hydrogen (secondary N) is 2. The molecule has 0 aliphatic rings. The zero-order chi connectivity index (χ0) is 21.0. The fourth-order valence-corrected chi connectivity index (χ4v) is 2.50. The molecule has 0 aliphatic carbocycles. The first-order valence-electron chi connectivity index (χ1n) is 8.54. The van der Waals surface area contributed by atoms with E-state index in [1.165, 1.54) is 30.6 Å². The number of hydrogen-bond donors (Lipinski definition) is 2. The van der Waals surface area contributed by atoms with Crippen LogP contribution in [0.4, 0.5) is 24.5 Å². The largest absolute Gasteiger partial charge is 0.416 e. The second-order valence-electron chi connectivity index (χ2n) is 6.32. The summed E-state index contributed by atoms with van der Waals surface area (Å²) < 4.78 is 38.4. The molecule has 1 heterocycles. The highest BCUT2D eigenvalue weighted by molar-refractivity contribution is 6.08. The molecule has 0 saturated carbocycles. The number of amides is 2. The number of aromatic nitrogens is 1. The Bertz CT molecular complexity index is 1050. The molecule has 0 aliphatic heterocycles. The van der Waals surface area contributed by atoms with Gasteiger partial charge in [-0.2, -0.15) is 13.2 Å². The molecule has 2 N–H and O–H groups in total. The van der Waals surface area contributed by atoms with E-state index >= 15 is 0 Å². The molecule has 0 unspecified atom stereocenters. The molecule has 3 rings (SSSR count). The highest BCUT2D eigenvalue weighted by atomic mass is 19.4. The van der Waals surface area contributed by atoms with Crippen LogP contribution in [0.15, 0.2) is 67.0 Å². The molecule has 0 atom stereocenters. The molecule has 0 radical (unpaired) electrons. The smallest absolute Gasteiger partial charge is 0.322 e. The summed E-state index contributed by atoms with van der Waals surface area (Å²) in [5, 5.41) is 5.07. The summed E-state index contributed by atoms with van der Waals surface area (Å²) in [5.41, 5.74) is 0.914. The SMILES string of the molecule is Cc1ccc(NC(=O)c2cncc(C(=O)Nc3cccc(C(F)(F)F)c3)c2)cc1.